The van der Waals surface area contributed by atoms with Crippen LogP contribution in [0.25, 0.3) is 11.0 Å². The van der Waals surface area contributed by atoms with E-state index in [4.69, 9.17) is 4.98 Å². The number of nitrogens with zero attached hydrogens (tertiary/aromatic N) is 2. The number of carbonyl (C=O) groups is 1. The van der Waals surface area contributed by atoms with E-state index in [1.165, 1.54) is 11.1 Å². The maximum absolute atomic E-state index is 12.4. The number of carbonyl (C=O) groups excluding carboxylic acids is 1. The molecule has 0 atom stereocenters. The van der Waals surface area contributed by atoms with Crippen molar-refractivity contribution in [2.45, 2.75) is 46.1 Å². The number of nitrogens with one attached hydrogen (secondary N) is 1. The number of hydrogen-bond acceptors (Lipinski definition) is 2. The molecule has 1 N–H and O–H groups in total. The number of fused-ring (bicyclic) bond motifs is 1. The average molecular weight is 426 g/mol. The van der Waals surface area contributed by atoms with Crippen molar-refractivity contribution < 1.29 is 4.79 Å². The minimum Gasteiger partial charge on any atom is -0.352 e. The van der Waals surface area contributed by atoms with Gasteiger partial charge in [0.1, 0.15) is 5.82 Å². The van der Waals surface area contributed by atoms with Gasteiger partial charge in [-0.05, 0) is 54.7 Å². The summed E-state index contributed by atoms with van der Waals surface area (Å²) in [6.07, 6.45) is 1.65. The van der Waals surface area contributed by atoms with Gasteiger partial charge in [0.25, 0.3) is 5.91 Å². The van der Waals surface area contributed by atoms with Gasteiger partial charge in [-0.15, -0.1) is 0 Å². The standard InChI is InChI=1S/C28H31N3O/c1-20(2)23-16-12-22(13-17-23)19-31-26-8-5-4-7-25(26)30-27(31)9-6-18-29-28(32)24-14-10-21(3)11-15-24/h4-5,7-8,10-17,20H,6,9,18-19H2,1-3H3,(H,29,32). The van der Waals surface area contributed by atoms with Crippen LogP contribution in [0.4, 0.5) is 0 Å². The Bertz CT molecular complexity index is 1190. The first kappa shape index (κ1) is 21.8. The number of para-hydroxylation sites is 2. The second-order valence-electron chi connectivity index (χ2n) is 8.72. The van der Waals surface area contributed by atoms with Crippen molar-refractivity contribution in [1.29, 1.82) is 0 Å². The largest absolute Gasteiger partial charge is 0.352 e. The zero-order valence-electron chi connectivity index (χ0n) is 19.1. The van der Waals surface area contributed by atoms with Crippen molar-refractivity contribution in [3.8, 4) is 0 Å². The van der Waals surface area contributed by atoms with Crippen LogP contribution in [-0.2, 0) is 13.0 Å². The molecule has 0 aliphatic rings. The van der Waals surface area contributed by atoms with Crippen molar-refractivity contribution >= 4 is 16.9 Å². The highest BCUT2D eigenvalue weighted by atomic mass is 16.1. The van der Waals surface area contributed by atoms with Gasteiger partial charge in [0.2, 0.25) is 0 Å². The number of imidazole rings is 1. The van der Waals surface area contributed by atoms with Crippen LogP contribution >= 0.6 is 0 Å². The maximum Gasteiger partial charge on any atom is 0.251 e. The third-order valence-corrected chi connectivity index (χ3v) is 5.90. The molecule has 0 unspecified atom stereocenters. The molecule has 0 bridgehead atoms. The molecule has 0 fully saturated rings. The SMILES string of the molecule is Cc1ccc(C(=O)NCCCc2nc3ccccc3n2Cc2ccc(C(C)C)cc2)cc1. The minimum absolute atomic E-state index is 0.0243. The Hall–Kier alpha value is -3.40. The first-order valence-corrected chi connectivity index (χ1v) is 11.4. The van der Waals surface area contributed by atoms with Gasteiger partial charge in [-0.25, -0.2) is 4.98 Å². The Morgan fingerprint density at radius 3 is 2.41 bits per heavy atom. The van der Waals surface area contributed by atoms with Crippen LogP contribution in [0.1, 0.15) is 59.1 Å². The Morgan fingerprint density at radius 1 is 0.969 bits per heavy atom. The van der Waals surface area contributed by atoms with E-state index in [1.807, 2.05) is 37.3 Å². The van der Waals surface area contributed by atoms with E-state index in [-0.39, 0.29) is 5.91 Å². The van der Waals surface area contributed by atoms with Crippen LogP contribution in [0, 0.1) is 6.92 Å². The number of aromatic nitrogens is 2. The lowest BCUT2D eigenvalue weighted by Crippen LogP contribution is -2.25. The summed E-state index contributed by atoms with van der Waals surface area (Å²) >= 11 is 0. The van der Waals surface area contributed by atoms with E-state index in [1.54, 1.807) is 0 Å². The predicted molar refractivity (Wildman–Crippen MR) is 131 cm³/mol. The number of aryl methyl sites for hydroxylation is 2. The Balaban J connectivity index is 1.44. The summed E-state index contributed by atoms with van der Waals surface area (Å²) in [5, 5.41) is 3.03. The van der Waals surface area contributed by atoms with Crippen LogP contribution in [-0.4, -0.2) is 22.0 Å². The van der Waals surface area contributed by atoms with Gasteiger partial charge in [-0.1, -0.05) is 67.9 Å². The molecule has 1 heterocycles. The van der Waals surface area contributed by atoms with Crippen LogP contribution in [0.15, 0.2) is 72.8 Å². The van der Waals surface area contributed by atoms with Crippen LogP contribution in [0.2, 0.25) is 0 Å². The normalized spacial score (nSPS) is 11.2. The lowest BCUT2D eigenvalue weighted by Gasteiger charge is -2.12. The summed E-state index contributed by atoms with van der Waals surface area (Å²) in [7, 11) is 0. The molecule has 164 valence electrons. The van der Waals surface area contributed by atoms with Crippen molar-refractivity contribution in [2.24, 2.45) is 0 Å². The topological polar surface area (TPSA) is 46.9 Å². The van der Waals surface area contributed by atoms with Crippen molar-refractivity contribution in [3.05, 3.63) is 101 Å². The van der Waals surface area contributed by atoms with Gasteiger partial charge in [0.15, 0.2) is 0 Å². The van der Waals surface area contributed by atoms with E-state index in [2.05, 4.69) is 66.2 Å². The molecule has 0 radical (unpaired) electrons. The van der Waals surface area contributed by atoms with Crippen LogP contribution < -0.4 is 5.32 Å². The van der Waals surface area contributed by atoms with Gasteiger partial charge >= 0.3 is 0 Å². The smallest absolute Gasteiger partial charge is 0.251 e. The van der Waals surface area contributed by atoms with Gasteiger partial charge in [-0.2, -0.15) is 0 Å². The molecule has 1 amide bonds. The Labute approximate surface area is 190 Å². The average Bonchev–Trinajstić information content (AvgIpc) is 3.14. The molecule has 3 aromatic carbocycles. The fraction of sp³-hybridized carbons (Fsp3) is 0.286. The highest BCUT2D eigenvalue weighted by Gasteiger charge is 2.12. The summed E-state index contributed by atoms with van der Waals surface area (Å²) in [6, 6.07) is 24.8. The van der Waals surface area contributed by atoms with Crippen molar-refractivity contribution in [3.63, 3.8) is 0 Å². The summed E-state index contributed by atoms with van der Waals surface area (Å²) in [4.78, 5) is 17.2. The predicted octanol–water partition coefficient (Wildman–Crippen LogP) is 5.88. The molecule has 1 aromatic heterocycles. The molecule has 4 heteroatoms. The Morgan fingerprint density at radius 2 is 1.69 bits per heavy atom. The third kappa shape index (κ3) is 5.08. The molecule has 4 rings (SSSR count). The number of benzene rings is 3. The lowest BCUT2D eigenvalue weighted by atomic mass is 10.0. The number of hydrogen-bond donors (Lipinski definition) is 1. The highest BCUT2D eigenvalue weighted by Crippen LogP contribution is 2.20. The van der Waals surface area contributed by atoms with Crippen LogP contribution in [0.3, 0.4) is 0 Å². The zero-order chi connectivity index (χ0) is 22.5. The van der Waals surface area contributed by atoms with E-state index >= 15 is 0 Å². The van der Waals surface area contributed by atoms with Crippen molar-refractivity contribution in [2.75, 3.05) is 6.54 Å². The van der Waals surface area contributed by atoms with Crippen molar-refractivity contribution in [1.82, 2.24) is 14.9 Å². The molecule has 0 aliphatic carbocycles. The van der Waals surface area contributed by atoms with E-state index in [0.29, 0.717) is 18.0 Å². The zero-order valence-corrected chi connectivity index (χ0v) is 19.1. The van der Waals surface area contributed by atoms with Gasteiger partial charge in [0.05, 0.1) is 11.0 Å². The molecule has 0 spiro atoms. The molecular weight excluding hydrogens is 394 g/mol. The first-order valence-electron chi connectivity index (χ1n) is 11.4. The molecular formula is C28H31N3O. The third-order valence-electron chi connectivity index (χ3n) is 5.90. The maximum atomic E-state index is 12.4. The van der Waals surface area contributed by atoms with E-state index < -0.39 is 0 Å². The summed E-state index contributed by atoms with van der Waals surface area (Å²) in [6.45, 7) is 7.87. The quantitative estimate of drug-likeness (QED) is 0.358. The molecule has 4 aromatic rings. The summed E-state index contributed by atoms with van der Waals surface area (Å²) < 4.78 is 2.31. The number of amides is 1. The molecule has 0 aliphatic heterocycles. The summed E-state index contributed by atoms with van der Waals surface area (Å²) in [5.74, 6) is 1.57. The molecule has 32 heavy (non-hydrogen) atoms. The lowest BCUT2D eigenvalue weighted by molar-refractivity contribution is 0.0953. The van der Waals surface area contributed by atoms with Gasteiger partial charge in [0, 0.05) is 25.1 Å². The first-order chi connectivity index (χ1) is 15.5. The second-order valence-corrected chi connectivity index (χ2v) is 8.72. The number of rotatable bonds is 8. The fourth-order valence-corrected chi connectivity index (χ4v) is 3.94. The second kappa shape index (κ2) is 9.82. The van der Waals surface area contributed by atoms with E-state index in [0.717, 1.165) is 41.8 Å². The summed E-state index contributed by atoms with van der Waals surface area (Å²) in [5.41, 5.74) is 6.65. The Kier molecular flexibility index (Phi) is 6.69. The fourth-order valence-electron chi connectivity index (χ4n) is 3.94. The van der Waals surface area contributed by atoms with Gasteiger partial charge in [-0.3, -0.25) is 4.79 Å². The molecule has 0 saturated carbocycles. The van der Waals surface area contributed by atoms with Gasteiger partial charge < -0.3 is 9.88 Å². The highest BCUT2D eigenvalue weighted by molar-refractivity contribution is 5.94. The van der Waals surface area contributed by atoms with E-state index in [9.17, 15) is 4.79 Å². The molecule has 4 nitrogen and oxygen atoms in total. The monoisotopic (exact) mass is 425 g/mol. The minimum atomic E-state index is -0.0243. The molecule has 0 saturated heterocycles. The van der Waals surface area contributed by atoms with Crippen LogP contribution in [0.5, 0.6) is 0 Å².